The Morgan fingerprint density at radius 1 is 1.47 bits per heavy atom. The molecule has 1 amide bonds. The van der Waals surface area contributed by atoms with E-state index in [1.54, 1.807) is 11.8 Å². The highest BCUT2D eigenvalue weighted by molar-refractivity contribution is 7.98. The summed E-state index contributed by atoms with van der Waals surface area (Å²) in [4.78, 5) is 16.6. The largest absolute Gasteiger partial charge is 0.453 e. The van der Waals surface area contributed by atoms with Gasteiger partial charge in [0.25, 0.3) is 0 Å². The Morgan fingerprint density at radius 3 is 2.74 bits per heavy atom. The molecule has 6 heteroatoms. The van der Waals surface area contributed by atoms with Gasteiger partial charge in [-0.25, -0.2) is 4.79 Å². The molecule has 0 aliphatic carbocycles. The summed E-state index contributed by atoms with van der Waals surface area (Å²) in [6.07, 6.45) is 1.56. The van der Waals surface area contributed by atoms with Crippen molar-refractivity contribution in [2.24, 2.45) is 4.99 Å². The quantitative estimate of drug-likeness (QED) is 0.810. The molecule has 0 saturated heterocycles. The molecule has 2 rings (SSSR count). The van der Waals surface area contributed by atoms with Crippen molar-refractivity contribution in [1.82, 2.24) is 10.6 Å². The van der Waals surface area contributed by atoms with Gasteiger partial charge in [0.05, 0.1) is 13.7 Å². The predicted octanol–water partition coefficient (Wildman–Crippen LogP) is 1.81. The molecule has 1 aromatic carbocycles. The highest BCUT2D eigenvalue weighted by Crippen LogP contribution is 2.21. The minimum atomic E-state index is -0.506. The van der Waals surface area contributed by atoms with Crippen LogP contribution >= 0.6 is 11.8 Å². The van der Waals surface area contributed by atoms with Crippen LogP contribution in [0.3, 0.4) is 0 Å². The van der Waals surface area contributed by atoms with E-state index in [9.17, 15) is 4.79 Å². The van der Waals surface area contributed by atoms with E-state index >= 15 is 0 Å². The number of ether oxygens (including phenoxy) is 1. The lowest BCUT2D eigenvalue weighted by Gasteiger charge is -2.23. The number of nitrogens with one attached hydrogen (secondary N) is 2. The lowest BCUT2D eigenvalue weighted by atomic mass is 9.98. The van der Waals surface area contributed by atoms with Gasteiger partial charge in [0.1, 0.15) is 0 Å². The van der Waals surface area contributed by atoms with Gasteiger partial charge in [-0.1, -0.05) is 12.1 Å². The van der Waals surface area contributed by atoms with E-state index in [2.05, 4.69) is 50.9 Å². The second-order valence-corrected chi connectivity index (χ2v) is 5.04. The first kappa shape index (κ1) is 13.7. The standard InChI is InChI=1S/C13H17N3O2S/c1-18-13(17)16-12-14-7-10(8-15-12)9-3-5-11(19-2)6-4-9/h3-6,10H,7-8H2,1-2H3,(H2,14,15,16,17). The normalized spacial score (nSPS) is 18.2. The molecule has 0 saturated carbocycles. The van der Waals surface area contributed by atoms with Gasteiger partial charge in [0, 0.05) is 17.4 Å². The smallest absolute Gasteiger partial charge is 0.413 e. The van der Waals surface area contributed by atoms with Crippen LogP contribution in [0.25, 0.3) is 0 Å². The summed E-state index contributed by atoms with van der Waals surface area (Å²) in [6, 6.07) is 8.50. The molecule has 1 aliphatic rings. The molecule has 0 spiro atoms. The van der Waals surface area contributed by atoms with Gasteiger partial charge in [-0.3, -0.25) is 10.3 Å². The molecule has 0 bridgehead atoms. The van der Waals surface area contributed by atoms with Gasteiger partial charge in [0.15, 0.2) is 0 Å². The van der Waals surface area contributed by atoms with Gasteiger partial charge in [-0.15, -0.1) is 11.8 Å². The van der Waals surface area contributed by atoms with E-state index in [1.165, 1.54) is 17.6 Å². The highest BCUT2D eigenvalue weighted by Gasteiger charge is 2.18. The number of hydrogen-bond donors (Lipinski definition) is 2. The van der Waals surface area contributed by atoms with Crippen molar-refractivity contribution in [3.05, 3.63) is 29.8 Å². The van der Waals surface area contributed by atoms with Crippen LogP contribution in [0.15, 0.2) is 34.2 Å². The summed E-state index contributed by atoms with van der Waals surface area (Å²) in [7, 11) is 1.33. The number of nitrogens with zero attached hydrogens (tertiary/aromatic N) is 1. The van der Waals surface area contributed by atoms with Gasteiger partial charge in [-0.05, 0) is 24.0 Å². The summed E-state index contributed by atoms with van der Waals surface area (Å²) in [5.74, 6) is 0.808. The summed E-state index contributed by atoms with van der Waals surface area (Å²) in [6.45, 7) is 1.41. The van der Waals surface area contributed by atoms with Gasteiger partial charge >= 0.3 is 6.09 Å². The molecule has 0 radical (unpaired) electrons. The monoisotopic (exact) mass is 279 g/mol. The summed E-state index contributed by atoms with van der Waals surface area (Å²) in [5, 5.41) is 5.63. The van der Waals surface area contributed by atoms with E-state index in [0.717, 1.165) is 6.54 Å². The van der Waals surface area contributed by atoms with Crippen LogP contribution < -0.4 is 10.6 Å². The molecular weight excluding hydrogens is 262 g/mol. The Kier molecular flexibility index (Phi) is 4.68. The van der Waals surface area contributed by atoms with Crippen molar-refractivity contribution in [2.75, 3.05) is 26.5 Å². The third kappa shape index (κ3) is 3.64. The van der Waals surface area contributed by atoms with Crippen LogP contribution in [0, 0.1) is 0 Å². The van der Waals surface area contributed by atoms with Crippen LogP contribution in [0.4, 0.5) is 4.79 Å². The third-order valence-electron chi connectivity index (χ3n) is 2.98. The number of amides is 1. The van der Waals surface area contributed by atoms with Crippen molar-refractivity contribution in [3.63, 3.8) is 0 Å². The molecule has 0 fully saturated rings. The van der Waals surface area contributed by atoms with Crippen LogP contribution in [-0.2, 0) is 4.74 Å². The molecule has 1 aliphatic heterocycles. The number of methoxy groups -OCH3 is 1. The number of aliphatic imine (C=N–C) groups is 1. The van der Waals surface area contributed by atoms with Crippen molar-refractivity contribution in [2.45, 2.75) is 10.8 Å². The maximum absolute atomic E-state index is 11.0. The average molecular weight is 279 g/mol. The number of guanidine groups is 1. The highest BCUT2D eigenvalue weighted by atomic mass is 32.2. The maximum atomic E-state index is 11.0. The summed E-state index contributed by atoms with van der Waals surface area (Å²) in [5.41, 5.74) is 1.26. The first-order valence-corrected chi connectivity index (χ1v) is 7.22. The number of carbonyl (C=O) groups is 1. The fourth-order valence-electron chi connectivity index (χ4n) is 1.87. The van der Waals surface area contributed by atoms with Crippen molar-refractivity contribution in [3.8, 4) is 0 Å². The van der Waals surface area contributed by atoms with E-state index < -0.39 is 6.09 Å². The molecule has 1 heterocycles. The summed E-state index contributed by atoms with van der Waals surface area (Å²) < 4.78 is 4.52. The van der Waals surface area contributed by atoms with Crippen LogP contribution in [0.5, 0.6) is 0 Å². The Balaban J connectivity index is 1.96. The lowest BCUT2D eigenvalue weighted by Crippen LogP contribution is -2.45. The van der Waals surface area contributed by atoms with Gasteiger partial charge < -0.3 is 10.1 Å². The summed E-state index contributed by atoms with van der Waals surface area (Å²) >= 11 is 1.73. The molecule has 1 aromatic rings. The Labute approximate surface area is 116 Å². The number of hydrogen-bond acceptors (Lipinski definition) is 5. The average Bonchev–Trinajstić information content (AvgIpc) is 2.48. The molecule has 2 N–H and O–H groups in total. The second kappa shape index (κ2) is 6.47. The van der Waals surface area contributed by atoms with Crippen LogP contribution in [0.1, 0.15) is 11.5 Å². The minimum absolute atomic E-state index is 0.333. The number of alkyl carbamates (subject to hydrolysis) is 1. The molecule has 1 atom stereocenters. The zero-order valence-electron chi connectivity index (χ0n) is 11.0. The molecule has 1 unspecified atom stereocenters. The number of carbonyl (C=O) groups excluding carboxylic acids is 1. The lowest BCUT2D eigenvalue weighted by molar-refractivity contribution is 0.176. The Hall–Kier alpha value is -1.69. The van der Waals surface area contributed by atoms with Crippen molar-refractivity contribution >= 4 is 23.8 Å². The first-order chi connectivity index (χ1) is 9.22. The number of thioether (sulfide) groups is 1. The van der Waals surface area contributed by atoms with E-state index in [0.29, 0.717) is 18.4 Å². The number of rotatable bonds is 2. The Bertz CT molecular complexity index is 473. The zero-order valence-corrected chi connectivity index (χ0v) is 11.8. The minimum Gasteiger partial charge on any atom is -0.453 e. The van der Waals surface area contributed by atoms with Gasteiger partial charge in [-0.2, -0.15) is 0 Å². The fourth-order valence-corrected chi connectivity index (χ4v) is 2.28. The van der Waals surface area contributed by atoms with E-state index in [1.807, 2.05) is 0 Å². The van der Waals surface area contributed by atoms with Crippen LogP contribution in [0.2, 0.25) is 0 Å². The third-order valence-corrected chi connectivity index (χ3v) is 3.72. The molecular formula is C13H17N3O2S. The fraction of sp³-hybridized carbons (Fsp3) is 0.385. The molecule has 19 heavy (non-hydrogen) atoms. The topological polar surface area (TPSA) is 62.7 Å². The van der Waals surface area contributed by atoms with E-state index in [-0.39, 0.29) is 0 Å². The molecule has 102 valence electrons. The Morgan fingerprint density at radius 2 is 2.21 bits per heavy atom. The zero-order chi connectivity index (χ0) is 13.7. The predicted molar refractivity (Wildman–Crippen MR) is 76.8 cm³/mol. The van der Waals surface area contributed by atoms with Crippen LogP contribution in [-0.4, -0.2) is 38.5 Å². The number of benzene rings is 1. The first-order valence-electron chi connectivity index (χ1n) is 6.00. The van der Waals surface area contributed by atoms with Gasteiger partial charge in [0.2, 0.25) is 5.96 Å². The SMILES string of the molecule is COC(=O)NC1=NCC(c2ccc(SC)cc2)CN1. The van der Waals surface area contributed by atoms with Crippen molar-refractivity contribution in [1.29, 1.82) is 0 Å². The maximum Gasteiger partial charge on any atom is 0.413 e. The second-order valence-electron chi connectivity index (χ2n) is 4.16. The molecule has 0 aromatic heterocycles. The molecule has 5 nitrogen and oxygen atoms in total. The van der Waals surface area contributed by atoms with E-state index in [4.69, 9.17) is 0 Å². The van der Waals surface area contributed by atoms with Crippen molar-refractivity contribution < 1.29 is 9.53 Å².